The van der Waals surface area contributed by atoms with Gasteiger partial charge in [0.05, 0.1) is 12.9 Å². The first-order valence-electron chi connectivity index (χ1n) is 6.24. The third-order valence-corrected chi connectivity index (χ3v) is 3.17. The maximum Gasteiger partial charge on any atom is 0.0981 e. The summed E-state index contributed by atoms with van der Waals surface area (Å²) >= 11 is 0. The number of rotatable bonds is 5. The Bertz CT molecular complexity index is 439. The van der Waals surface area contributed by atoms with Crippen molar-refractivity contribution in [2.45, 2.75) is 5.92 Å². The highest BCUT2D eigenvalue weighted by Gasteiger charge is 2.13. The van der Waals surface area contributed by atoms with Crippen LogP contribution in [0.2, 0.25) is 0 Å². The molecule has 0 saturated heterocycles. The van der Waals surface area contributed by atoms with Crippen molar-refractivity contribution in [3.05, 3.63) is 83.8 Å². The van der Waals surface area contributed by atoms with Crippen LogP contribution in [0.3, 0.4) is 0 Å². The molecule has 1 nitrogen and oxygen atoms in total. The molecule has 0 atom stereocenters. The minimum atomic E-state index is 0.297. The van der Waals surface area contributed by atoms with Crippen LogP contribution >= 0.6 is 0 Å². The van der Waals surface area contributed by atoms with E-state index < -0.39 is 0 Å². The van der Waals surface area contributed by atoms with E-state index in [1.54, 1.807) is 0 Å². The molecule has 0 amide bonds. The smallest absolute Gasteiger partial charge is 0.0981 e. The van der Waals surface area contributed by atoms with Gasteiger partial charge in [-0.1, -0.05) is 66.4 Å². The summed E-state index contributed by atoms with van der Waals surface area (Å²) < 4.78 is 5.61. The van der Waals surface area contributed by atoms with E-state index >= 15 is 0 Å². The second-order valence-electron chi connectivity index (χ2n) is 4.18. The average molecular weight is 254 g/mol. The molecule has 0 unspecified atom stereocenters. The zero-order valence-electron chi connectivity index (χ0n) is 10.6. The van der Waals surface area contributed by atoms with Gasteiger partial charge < -0.3 is 4.74 Å². The summed E-state index contributed by atoms with van der Waals surface area (Å²) in [4.78, 5) is 0. The van der Waals surface area contributed by atoms with Crippen molar-refractivity contribution in [1.82, 2.24) is 0 Å². The Hall–Kier alpha value is -1.80. The van der Waals surface area contributed by atoms with E-state index in [1.165, 1.54) is 11.1 Å². The zero-order chi connectivity index (χ0) is 12.6. The largest absolute Gasteiger partial charge is 0.501 e. The first-order chi connectivity index (χ1) is 8.92. The fourth-order valence-corrected chi connectivity index (χ4v) is 2.20. The van der Waals surface area contributed by atoms with Crippen molar-refractivity contribution < 1.29 is 4.74 Å². The van der Waals surface area contributed by atoms with Crippen LogP contribution in [0.4, 0.5) is 0 Å². The highest BCUT2D eigenvalue weighted by Crippen LogP contribution is 2.24. The van der Waals surface area contributed by atoms with Gasteiger partial charge >= 0.3 is 0 Å². The Labute approximate surface area is 112 Å². The Morgan fingerprint density at radius 3 is 1.83 bits per heavy atom. The normalized spacial score (nSPS) is 11.2. The highest BCUT2D eigenvalue weighted by atomic mass is 28.1. The Morgan fingerprint density at radius 2 is 1.39 bits per heavy atom. The van der Waals surface area contributed by atoms with E-state index in [1.807, 2.05) is 24.1 Å². The lowest BCUT2D eigenvalue weighted by Gasteiger charge is -2.17. The lowest BCUT2D eigenvalue weighted by molar-refractivity contribution is 0.239. The minimum absolute atomic E-state index is 0.297. The van der Waals surface area contributed by atoms with Crippen LogP contribution < -0.4 is 0 Å². The summed E-state index contributed by atoms with van der Waals surface area (Å²) in [6.07, 6.45) is 1.81. The van der Waals surface area contributed by atoms with Crippen molar-refractivity contribution in [2.24, 2.45) is 0 Å². The van der Waals surface area contributed by atoms with E-state index in [2.05, 4.69) is 48.5 Å². The molecule has 2 aromatic carbocycles. The molecule has 0 bridgehead atoms. The molecule has 0 radical (unpaired) electrons. The number of benzene rings is 2. The van der Waals surface area contributed by atoms with Gasteiger partial charge in [0.15, 0.2) is 0 Å². The molecule has 0 fully saturated rings. The van der Waals surface area contributed by atoms with Gasteiger partial charge in [-0.05, 0) is 11.1 Å². The van der Waals surface area contributed by atoms with Gasteiger partial charge in [-0.25, -0.2) is 0 Å². The number of hydrogen-bond acceptors (Lipinski definition) is 1. The monoisotopic (exact) mass is 254 g/mol. The third-order valence-electron chi connectivity index (χ3n) is 2.90. The molecule has 92 valence electrons. The molecule has 0 aromatic heterocycles. The van der Waals surface area contributed by atoms with Gasteiger partial charge in [0.25, 0.3) is 0 Å². The third kappa shape index (κ3) is 3.34. The van der Waals surface area contributed by atoms with Crippen molar-refractivity contribution >= 4 is 10.2 Å². The summed E-state index contributed by atoms with van der Waals surface area (Å²) in [5.41, 5.74) is 4.64. The van der Waals surface area contributed by atoms with Crippen molar-refractivity contribution in [1.29, 1.82) is 0 Å². The van der Waals surface area contributed by atoms with Crippen LogP contribution in [-0.4, -0.2) is 16.8 Å². The molecule has 0 heterocycles. The van der Waals surface area contributed by atoms with Crippen LogP contribution in [-0.2, 0) is 4.74 Å². The highest BCUT2D eigenvalue weighted by molar-refractivity contribution is 6.16. The molecule has 2 aromatic rings. The average Bonchev–Trinajstić information content (AvgIpc) is 2.46. The SMILES string of the molecule is [SiH3]C=COCC(c1ccccc1)c1ccccc1. The fourth-order valence-electron chi connectivity index (χ4n) is 2.00. The molecular formula is C16H18OSi. The summed E-state index contributed by atoms with van der Waals surface area (Å²) in [5, 5.41) is 0. The lowest BCUT2D eigenvalue weighted by Crippen LogP contribution is -2.07. The van der Waals surface area contributed by atoms with Crippen LogP contribution in [0.5, 0.6) is 0 Å². The molecule has 0 N–H and O–H groups in total. The van der Waals surface area contributed by atoms with E-state index in [9.17, 15) is 0 Å². The summed E-state index contributed by atoms with van der Waals surface area (Å²) in [7, 11) is 1.03. The molecule has 0 aliphatic carbocycles. The molecule has 0 spiro atoms. The Kier molecular flexibility index (Phi) is 4.79. The van der Waals surface area contributed by atoms with E-state index in [0.29, 0.717) is 12.5 Å². The van der Waals surface area contributed by atoms with Crippen LogP contribution in [0.15, 0.2) is 72.6 Å². The van der Waals surface area contributed by atoms with Gasteiger partial charge in [0.1, 0.15) is 0 Å². The van der Waals surface area contributed by atoms with Gasteiger partial charge in [-0.15, -0.1) is 0 Å². The maximum atomic E-state index is 5.61. The maximum absolute atomic E-state index is 5.61. The summed E-state index contributed by atoms with van der Waals surface area (Å²) in [5.74, 6) is 0.297. The molecule has 0 aliphatic rings. The molecule has 18 heavy (non-hydrogen) atoms. The molecule has 2 rings (SSSR count). The Balaban J connectivity index is 2.23. The van der Waals surface area contributed by atoms with Gasteiger partial charge in [-0.3, -0.25) is 0 Å². The minimum Gasteiger partial charge on any atom is -0.501 e. The van der Waals surface area contributed by atoms with E-state index in [-0.39, 0.29) is 0 Å². The molecule has 2 heteroatoms. The van der Waals surface area contributed by atoms with E-state index in [4.69, 9.17) is 4.74 Å². The van der Waals surface area contributed by atoms with Crippen molar-refractivity contribution in [2.75, 3.05) is 6.61 Å². The van der Waals surface area contributed by atoms with E-state index in [0.717, 1.165) is 10.2 Å². The first-order valence-corrected chi connectivity index (χ1v) is 7.40. The van der Waals surface area contributed by atoms with Crippen molar-refractivity contribution in [3.63, 3.8) is 0 Å². The van der Waals surface area contributed by atoms with Gasteiger partial charge in [0, 0.05) is 16.2 Å². The molecule has 0 saturated carbocycles. The lowest BCUT2D eigenvalue weighted by atomic mass is 9.92. The molecule has 0 aliphatic heterocycles. The van der Waals surface area contributed by atoms with Crippen molar-refractivity contribution in [3.8, 4) is 0 Å². The first kappa shape index (κ1) is 12.6. The quantitative estimate of drug-likeness (QED) is 0.589. The predicted molar refractivity (Wildman–Crippen MR) is 79.8 cm³/mol. The summed E-state index contributed by atoms with van der Waals surface area (Å²) in [6, 6.07) is 21.0. The van der Waals surface area contributed by atoms with Gasteiger partial charge in [0.2, 0.25) is 0 Å². The second kappa shape index (κ2) is 6.82. The second-order valence-corrected chi connectivity index (χ2v) is 4.84. The number of hydrogen-bond donors (Lipinski definition) is 0. The Morgan fingerprint density at radius 1 is 0.889 bits per heavy atom. The number of ether oxygens (including phenoxy) is 1. The van der Waals surface area contributed by atoms with Crippen LogP contribution in [0.25, 0.3) is 0 Å². The fraction of sp³-hybridized carbons (Fsp3) is 0.125. The predicted octanol–water partition coefficient (Wildman–Crippen LogP) is 2.67. The zero-order valence-corrected chi connectivity index (χ0v) is 12.6. The topological polar surface area (TPSA) is 9.23 Å². The summed E-state index contributed by atoms with van der Waals surface area (Å²) in [6.45, 7) is 0.687. The van der Waals surface area contributed by atoms with Crippen LogP contribution in [0.1, 0.15) is 17.0 Å². The van der Waals surface area contributed by atoms with Gasteiger partial charge in [-0.2, -0.15) is 0 Å². The molecular weight excluding hydrogens is 236 g/mol. The van der Waals surface area contributed by atoms with Crippen LogP contribution in [0, 0.1) is 0 Å². The standard InChI is InChI=1S/C16H18OSi/c18-12-11-17-13-16(14-7-3-1-4-8-14)15-9-5-2-6-10-15/h1-12,16H,13H2,18H3.